The zero-order valence-electron chi connectivity index (χ0n) is 8.90. The molecule has 0 amide bonds. The van der Waals surface area contributed by atoms with Crippen molar-refractivity contribution in [3.63, 3.8) is 0 Å². The van der Waals surface area contributed by atoms with Gasteiger partial charge in [-0.1, -0.05) is 6.92 Å². The molecule has 3 rings (SSSR count). The lowest BCUT2D eigenvalue weighted by atomic mass is 9.87. The van der Waals surface area contributed by atoms with Crippen LogP contribution in [0.1, 0.15) is 36.9 Å². The zero-order valence-corrected chi connectivity index (χ0v) is 8.90. The lowest BCUT2D eigenvalue weighted by Gasteiger charge is -2.21. The normalized spacial score (nSPS) is 20.2. The number of aromatic nitrogens is 2. The number of pyridine rings is 2. The van der Waals surface area contributed by atoms with Crippen LogP contribution in [-0.4, -0.2) is 9.97 Å². The van der Waals surface area contributed by atoms with Gasteiger partial charge in [-0.25, -0.2) is 0 Å². The molecule has 0 radical (unpaired) electrons. The van der Waals surface area contributed by atoms with E-state index in [1.54, 1.807) is 0 Å². The number of fused-ring (bicyclic) bond motifs is 2. The number of hydrogen-bond donors (Lipinski definition) is 0. The molecule has 2 aromatic heterocycles. The molecule has 0 bridgehead atoms. The molecule has 1 unspecified atom stereocenters. The predicted molar refractivity (Wildman–Crippen MR) is 60.9 cm³/mol. The van der Waals surface area contributed by atoms with E-state index >= 15 is 0 Å². The third kappa shape index (κ3) is 1.41. The molecule has 0 aliphatic heterocycles. The first-order chi connectivity index (χ1) is 7.34. The molecule has 15 heavy (non-hydrogen) atoms. The Morgan fingerprint density at radius 3 is 3.27 bits per heavy atom. The van der Waals surface area contributed by atoms with Crippen molar-refractivity contribution in [3.8, 4) is 0 Å². The smallest absolute Gasteiger partial charge is 0.0888 e. The third-order valence-electron chi connectivity index (χ3n) is 3.28. The van der Waals surface area contributed by atoms with Gasteiger partial charge in [0.15, 0.2) is 0 Å². The Morgan fingerprint density at radius 1 is 1.40 bits per heavy atom. The van der Waals surface area contributed by atoms with Gasteiger partial charge < -0.3 is 0 Å². The van der Waals surface area contributed by atoms with Crippen LogP contribution in [0.2, 0.25) is 0 Å². The van der Waals surface area contributed by atoms with Gasteiger partial charge in [-0.05, 0) is 42.9 Å². The van der Waals surface area contributed by atoms with Gasteiger partial charge in [-0.2, -0.15) is 0 Å². The second kappa shape index (κ2) is 3.30. The first-order valence-corrected chi connectivity index (χ1v) is 5.58. The van der Waals surface area contributed by atoms with E-state index in [0.717, 1.165) is 5.52 Å². The number of nitrogens with zero attached hydrogens (tertiary/aromatic N) is 2. The summed E-state index contributed by atoms with van der Waals surface area (Å²) in [5.41, 5.74) is 3.76. The van der Waals surface area contributed by atoms with Crippen molar-refractivity contribution in [2.75, 3.05) is 0 Å². The summed E-state index contributed by atoms with van der Waals surface area (Å²) in [5.74, 6) is 0.610. The predicted octanol–water partition coefficient (Wildman–Crippen LogP) is 3.07. The summed E-state index contributed by atoms with van der Waals surface area (Å²) in [6, 6.07) is 4.33. The maximum Gasteiger partial charge on any atom is 0.0888 e. The van der Waals surface area contributed by atoms with Crippen molar-refractivity contribution < 1.29 is 0 Å². The van der Waals surface area contributed by atoms with Crippen LogP contribution < -0.4 is 0 Å². The molecular weight excluding hydrogens is 184 g/mol. The summed E-state index contributed by atoms with van der Waals surface area (Å²) in [6.45, 7) is 2.27. The molecule has 2 nitrogen and oxygen atoms in total. The topological polar surface area (TPSA) is 25.8 Å². The van der Waals surface area contributed by atoms with Crippen LogP contribution in [0.3, 0.4) is 0 Å². The first kappa shape index (κ1) is 8.84. The van der Waals surface area contributed by atoms with E-state index in [-0.39, 0.29) is 0 Å². The average Bonchev–Trinajstić information content (AvgIpc) is 2.27. The van der Waals surface area contributed by atoms with Gasteiger partial charge in [0.05, 0.1) is 11.7 Å². The van der Waals surface area contributed by atoms with Gasteiger partial charge in [0.2, 0.25) is 0 Å². The van der Waals surface area contributed by atoms with E-state index in [4.69, 9.17) is 4.98 Å². The van der Waals surface area contributed by atoms with Gasteiger partial charge >= 0.3 is 0 Å². The van der Waals surface area contributed by atoms with Crippen LogP contribution in [0.4, 0.5) is 0 Å². The Morgan fingerprint density at radius 2 is 2.33 bits per heavy atom. The summed E-state index contributed by atoms with van der Waals surface area (Å²) in [6.07, 6.45) is 7.45. The lowest BCUT2D eigenvalue weighted by Crippen LogP contribution is -2.09. The Kier molecular flexibility index (Phi) is 1.94. The fourth-order valence-corrected chi connectivity index (χ4v) is 2.44. The standard InChI is InChI=1S/C13H14N2/c1-9-3-2-4-11-7-10-5-6-14-8-12(10)15-13(9)11/h5-9H,2-4H2,1H3. The van der Waals surface area contributed by atoms with Crippen molar-refractivity contribution >= 4 is 10.9 Å². The van der Waals surface area contributed by atoms with Crippen LogP contribution in [0, 0.1) is 0 Å². The first-order valence-electron chi connectivity index (χ1n) is 5.58. The SMILES string of the molecule is CC1CCCc2cc3ccncc3nc21. The largest absolute Gasteiger partial charge is 0.262 e. The van der Waals surface area contributed by atoms with E-state index in [1.165, 1.54) is 35.9 Å². The van der Waals surface area contributed by atoms with E-state index in [2.05, 4.69) is 18.0 Å². The maximum absolute atomic E-state index is 4.73. The van der Waals surface area contributed by atoms with Gasteiger partial charge in [-0.3, -0.25) is 9.97 Å². The van der Waals surface area contributed by atoms with E-state index in [9.17, 15) is 0 Å². The summed E-state index contributed by atoms with van der Waals surface area (Å²) in [5, 5.41) is 1.22. The third-order valence-corrected chi connectivity index (χ3v) is 3.28. The summed E-state index contributed by atoms with van der Waals surface area (Å²) in [4.78, 5) is 8.86. The van der Waals surface area contributed by atoms with Crippen molar-refractivity contribution in [2.45, 2.75) is 32.1 Å². The Balaban J connectivity index is 2.27. The molecule has 2 aromatic rings. The van der Waals surface area contributed by atoms with Crippen molar-refractivity contribution in [3.05, 3.63) is 35.8 Å². The lowest BCUT2D eigenvalue weighted by molar-refractivity contribution is 0.576. The van der Waals surface area contributed by atoms with Crippen LogP contribution in [-0.2, 0) is 6.42 Å². The minimum atomic E-state index is 0.610. The van der Waals surface area contributed by atoms with Crippen LogP contribution in [0.25, 0.3) is 10.9 Å². The van der Waals surface area contributed by atoms with Gasteiger partial charge in [0, 0.05) is 17.3 Å². The highest BCUT2D eigenvalue weighted by Gasteiger charge is 2.18. The molecule has 1 aliphatic carbocycles. The molecule has 2 heterocycles. The molecule has 0 aromatic carbocycles. The molecular formula is C13H14N2. The van der Waals surface area contributed by atoms with Gasteiger partial charge in [0.1, 0.15) is 0 Å². The molecule has 0 spiro atoms. The molecule has 2 heteroatoms. The molecule has 0 saturated carbocycles. The minimum absolute atomic E-state index is 0.610. The number of rotatable bonds is 0. The Hall–Kier alpha value is -1.44. The molecule has 0 fully saturated rings. The van der Waals surface area contributed by atoms with Crippen molar-refractivity contribution in [1.82, 2.24) is 9.97 Å². The maximum atomic E-state index is 4.73. The van der Waals surface area contributed by atoms with Crippen molar-refractivity contribution in [2.24, 2.45) is 0 Å². The second-order valence-electron chi connectivity index (χ2n) is 4.39. The zero-order chi connectivity index (χ0) is 10.3. The van der Waals surface area contributed by atoms with E-state index in [1.807, 2.05) is 18.5 Å². The average molecular weight is 198 g/mol. The Bertz CT molecular complexity index is 505. The second-order valence-corrected chi connectivity index (χ2v) is 4.39. The highest BCUT2D eigenvalue weighted by molar-refractivity contribution is 5.78. The summed E-state index contributed by atoms with van der Waals surface area (Å²) >= 11 is 0. The van der Waals surface area contributed by atoms with E-state index in [0.29, 0.717) is 5.92 Å². The van der Waals surface area contributed by atoms with Crippen LogP contribution >= 0.6 is 0 Å². The molecule has 76 valence electrons. The monoisotopic (exact) mass is 198 g/mol. The molecule has 1 aliphatic rings. The summed E-state index contributed by atoms with van der Waals surface area (Å²) in [7, 11) is 0. The minimum Gasteiger partial charge on any atom is -0.262 e. The van der Waals surface area contributed by atoms with E-state index < -0.39 is 0 Å². The summed E-state index contributed by atoms with van der Waals surface area (Å²) < 4.78 is 0. The number of aryl methyl sites for hydroxylation is 1. The highest BCUT2D eigenvalue weighted by atomic mass is 14.7. The van der Waals surface area contributed by atoms with Crippen LogP contribution in [0.15, 0.2) is 24.5 Å². The molecule has 1 atom stereocenters. The van der Waals surface area contributed by atoms with Crippen molar-refractivity contribution in [1.29, 1.82) is 0 Å². The molecule has 0 N–H and O–H groups in total. The molecule has 0 saturated heterocycles. The van der Waals surface area contributed by atoms with Gasteiger partial charge in [0.25, 0.3) is 0 Å². The highest BCUT2D eigenvalue weighted by Crippen LogP contribution is 2.31. The fourth-order valence-electron chi connectivity index (χ4n) is 2.44. The van der Waals surface area contributed by atoms with Gasteiger partial charge in [-0.15, -0.1) is 0 Å². The Labute approximate surface area is 89.4 Å². The van der Waals surface area contributed by atoms with Crippen LogP contribution in [0.5, 0.6) is 0 Å². The number of hydrogen-bond acceptors (Lipinski definition) is 2. The fraction of sp³-hybridized carbons (Fsp3) is 0.385. The quantitative estimate of drug-likeness (QED) is 0.650.